The SMILES string of the molecule is Cc1ncc(COc2ccc(C=O)cc2Cl)s1. The van der Waals surface area contributed by atoms with Crippen LogP contribution in [0.15, 0.2) is 24.4 Å². The minimum Gasteiger partial charge on any atom is -0.486 e. The van der Waals surface area contributed by atoms with Crippen LogP contribution in [0.5, 0.6) is 5.75 Å². The van der Waals surface area contributed by atoms with Crippen molar-refractivity contribution in [3.8, 4) is 5.75 Å². The molecular weight excluding hydrogens is 258 g/mol. The molecule has 3 nitrogen and oxygen atoms in total. The fraction of sp³-hybridized carbons (Fsp3) is 0.167. The predicted molar refractivity (Wildman–Crippen MR) is 68.0 cm³/mol. The van der Waals surface area contributed by atoms with Gasteiger partial charge < -0.3 is 4.74 Å². The van der Waals surface area contributed by atoms with Gasteiger partial charge in [0.25, 0.3) is 0 Å². The van der Waals surface area contributed by atoms with Crippen molar-refractivity contribution in [2.45, 2.75) is 13.5 Å². The molecule has 1 heterocycles. The lowest BCUT2D eigenvalue weighted by atomic mass is 10.2. The Morgan fingerprint density at radius 1 is 1.53 bits per heavy atom. The molecule has 0 bridgehead atoms. The number of carbonyl (C=O) groups is 1. The van der Waals surface area contributed by atoms with E-state index in [0.717, 1.165) is 16.2 Å². The molecule has 0 saturated heterocycles. The van der Waals surface area contributed by atoms with Crippen molar-refractivity contribution < 1.29 is 9.53 Å². The average molecular weight is 268 g/mol. The van der Waals surface area contributed by atoms with E-state index in [0.29, 0.717) is 22.9 Å². The monoisotopic (exact) mass is 267 g/mol. The molecule has 0 saturated carbocycles. The molecule has 0 radical (unpaired) electrons. The Morgan fingerprint density at radius 2 is 2.35 bits per heavy atom. The number of nitrogens with zero attached hydrogens (tertiary/aromatic N) is 1. The van der Waals surface area contributed by atoms with Crippen LogP contribution in [0.25, 0.3) is 0 Å². The molecule has 17 heavy (non-hydrogen) atoms. The van der Waals surface area contributed by atoms with Gasteiger partial charge in [0.15, 0.2) is 0 Å². The van der Waals surface area contributed by atoms with Crippen molar-refractivity contribution >= 4 is 29.2 Å². The first kappa shape index (κ1) is 12.1. The Hall–Kier alpha value is -1.39. The van der Waals surface area contributed by atoms with Crippen LogP contribution in [0.3, 0.4) is 0 Å². The van der Waals surface area contributed by atoms with Crippen LogP contribution in [0.4, 0.5) is 0 Å². The lowest BCUT2D eigenvalue weighted by Crippen LogP contribution is -1.94. The molecule has 2 aromatic rings. The summed E-state index contributed by atoms with van der Waals surface area (Å²) >= 11 is 7.57. The maximum Gasteiger partial charge on any atom is 0.150 e. The van der Waals surface area contributed by atoms with Gasteiger partial charge in [0.2, 0.25) is 0 Å². The van der Waals surface area contributed by atoms with Crippen molar-refractivity contribution in [1.82, 2.24) is 4.98 Å². The predicted octanol–water partition coefficient (Wildman–Crippen LogP) is 3.50. The van der Waals surface area contributed by atoms with Gasteiger partial charge in [0, 0.05) is 11.8 Å². The second-order valence-electron chi connectivity index (χ2n) is 3.44. The van der Waals surface area contributed by atoms with Gasteiger partial charge in [-0.1, -0.05) is 11.6 Å². The van der Waals surface area contributed by atoms with Crippen LogP contribution in [0, 0.1) is 6.92 Å². The van der Waals surface area contributed by atoms with E-state index in [1.54, 1.807) is 35.7 Å². The number of benzene rings is 1. The summed E-state index contributed by atoms with van der Waals surface area (Å²) < 4.78 is 5.56. The normalized spacial score (nSPS) is 10.2. The summed E-state index contributed by atoms with van der Waals surface area (Å²) in [5.41, 5.74) is 0.538. The first-order valence-electron chi connectivity index (χ1n) is 4.98. The number of thiazole rings is 1. The topological polar surface area (TPSA) is 39.2 Å². The molecule has 0 fully saturated rings. The second kappa shape index (κ2) is 5.29. The van der Waals surface area contributed by atoms with Crippen LogP contribution in [-0.2, 0) is 6.61 Å². The molecule has 5 heteroatoms. The number of halogens is 1. The standard InChI is InChI=1S/C12H10ClNO2S/c1-8-14-5-10(17-8)7-16-12-3-2-9(6-15)4-11(12)13/h2-6H,7H2,1H3. The fourth-order valence-electron chi connectivity index (χ4n) is 1.33. The zero-order chi connectivity index (χ0) is 12.3. The van der Waals surface area contributed by atoms with E-state index in [4.69, 9.17) is 16.3 Å². The molecule has 0 amide bonds. The highest BCUT2D eigenvalue weighted by atomic mass is 35.5. The van der Waals surface area contributed by atoms with Crippen molar-refractivity contribution in [3.63, 3.8) is 0 Å². The number of rotatable bonds is 4. The molecule has 0 aliphatic carbocycles. The molecule has 0 atom stereocenters. The van der Waals surface area contributed by atoms with Crippen molar-refractivity contribution in [2.75, 3.05) is 0 Å². The first-order valence-corrected chi connectivity index (χ1v) is 6.17. The van der Waals surface area contributed by atoms with Gasteiger partial charge in [0.05, 0.1) is 14.9 Å². The summed E-state index contributed by atoms with van der Waals surface area (Å²) in [6.07, 6.45) is 2.54. The number of aromatic nitrogens is 1. The van der Waals surface area contributed by atoms with Crippen LogP contribution >= 0.6 is 22.9 Å². The highest BCUT2D eigenvalue weighted by molar-refractivity contribution is 7.11. The van der Waals surface area contributed by atoms with E-state index < -0.39 is 0 Å². The number of ether oxygens (including phenoxy) is 1. The Bertz CT molecular complexity index is 539. The number of hydrogen-bond donors (Lipinski definition) is 0. The van der Waals surface area contributed by atoms with E-state index in [1.165, 1.54) is 0 Å². The van der Waals surface area contributed by atoms with Crippen LogP contribution in [0.1, 0.15) is 20.2 Å². The summed E-state index contributed by atoms with van der Waals surface area (Å²) in [6, 6.07) is 4.95. The largest absolute Gasteiger partial charge is 0.486 e. The molecule has 0 aliphatic heterocycles. The Morgan fingerprint density at radius 3 is 2.94 bits per heavy atom. The van der Waals surface area contributed by atoms with Crippen LogP contribution in [-0.4, -0.2) is 11.3 Å². The third-order valence-corrected chi connectivity index (χ3v) is 3.31. The molecule has 0 unspecified atom stereocenters. The number of hydrogen-bond acceptors (Lipinski definition) is 4. The summed E-state index contributed by atoms with van der Waals surface area (Å²) in [6.45, 7) is 2.38. The lowest BCUT2D eigenvalue weighted by Gasteiger charge is -2.06. The Kier molecular flexibility index (Phi) is 3.76. The minimum absolute atomic E-state index is 0.436. The summed E-state index contributed by atoms with van der Waals surface area (Å²) in [5, 5.41) is 1.45. The van der Waals surface area contributed by atoms with Gasteiger partial charge >= 0.3 is 0 Å². The molecule has 88 valence electrons. The number of aldehydes is 1. The maximum atomic E-state index is 10.5. The van der Waals surface area contributed by atoms with Crippen molar-refractivity contribution in [1.29, 1.82) is 0 Å². The van der Waals surface area contributed by atoms with Crippen molar-refractivity contribution in [2.24, 2.45) is 0 Å². The summed E-state index contributed by atoms with van der Waals surface area (Å²) in [5.74, 6) is 0.573. The van der Waals surface area contributed by atoms with Crippen molar-refractivity contribution in [3.05, 3.63) is 44.9 Å². The fourth-order valence-corrected chi connectivity index (χ4v) is 2.28. The quantitative estimate of drug-likeness (QED) is 0.796. The van der Waals surface area contributed by atoms with Gasteiger partial charge in [-0.2, -0.15) is 0 Å². The van der Waals surface area contributed by atoms with Gasteiger partial charge in [-0.25, -0.2) is 4.98 Å². The van der Waals surface area contributed by atoms with Gasteiger partial charge in [-0.15, -0.1) is 11.3 Å². The first-order chi connectivity index (χ1) is 8.19. The molecule has 0 aliphatic rings. The van der Waals surface area contributed by atoms with E-state index in [-0.39, 0.29) is 0 Å². The molecule has 1 aromatic carbocycles. The molecule has 0 spiro atoms. The Balaban J connectivity index is 2.06. The third kappa shape index (κ3) is 3.05. The molecule has 0 N–H and O–H groups in total. The van der Waals surface area contributed by atoms with E-state index in [9.17, 15) is 4.79 Å². The van der Waals surface area contributed by atoms with Gasteiger partial charge in [0.1, 0.15) is 18.6 Å². The molecule has 2 rings (SSSR count). The highest BCUT2D eigenvalue weighted by Crippen LogP contribution is 2.26. The zero-order valence-electron chi connectivity index (χ0n) is 9.14. The molecule has 1 aromatic heterocycles. The van der Waals surface area contributed by atoms with E-state index >= 15 is 0 Å². The zero-order valence-corrected chi connectivity index (χ0v) is 10.7. The smallest absolute Gasteiger partial charge is 0.150 e. The van der Waals surface area contributed by atoms with Crippen LogP contribution < -0.4 is 4.74 Å². The lowest BCUT2D eigenvalue weighted by molar-refractivity contribution is 0.112. The second-order valence-corrected chi connectivity index (χ2v) is 5.17. The Labute approximate surface area is 108 Å². The number of aryl methyl sites for hydroxylation is 1. The third-order valence-electron chi connectivity index (χ3n) is 2.13. The highest BCUT2D eigenvalue weighted by Gasteiger charge is 2.04. The van der Waals surface area contributed by atoms with Crippen LogP contribution in [0.2, 0.25) is 5.02 Å². The van der Waals surface area contributed by atoms with Gasteiger partial charge in [-0.3, -0.25) is 4.79 Å². The average Bonchev–Trinajstić information content (AvgIpc) is 2.73. The summed E-state index contributed by atoms with van der Waals surface area (Å²) in [7, 11) is 0. The maximum absolute atomic E-state index is 10.5. The van der Waals surface area contributed by atoms with E-state index in [2.05, 4.69) is 4.98 Å². The summed E-state index contributed by atoms with van der Waals surface area (Å²) in [4.78, 5) is 15.7. The van der Waals surface area contributed by atoms with E-state index in [1.807, 2.05) is 6.92 Å². The minimum atomic E-state index is 0.436. The number of carbonyl (C=O) groups excluding carboxylic acids is 1. The molecular formula is C12H10ClNO2S. The van der Waals surface area contributed by atoms with Gasteiger partial charge in [-0.05, 0) is 25.1 Å².